The lowest BCUT2D eigenvalue weighted by Crippen LogP contribution is -2.44. The van der Waals surface area contributed by atoms with Crippen molar-refractivity contribution < 1.29 is 14.7 Å². The van der Waals surface area contributed by atoms with Gasteiger partial charge in [0.25, 0.3) is 0 Å². The van der Waals surface area contributed by atoms with Crippen LogP contribution >= 0.6 is 0 Å². The largest absolute Gasteiger partial charge is 0.481 e. The van der Waals surface area contributed by atoms with E-state index in [-0.39, 0.29) is 12.6 Å². The molecule has 0 radical (unpaired) electrons. The van der Waals surface area contributed by atoms with Gasteiger partial charge in [-0.1, -0.05) is 31.2 Å². The fourth-order valence-corrected chi connectivity index (χ4v) is 1.67. The molecule has 1 rings (SSSR count). The number of rotatable bonds is 6. The summed E-state index contributed by atoms with van der Waals surface area (Å²) < 4.78 is 0. The Bertz CT molecular complexity index is 488. The molecule has 20 heavy (non-hydrogen) atoms. The van der Waals surface area contributed by atoms with E-state index in [2.05, 4.69) is 10.6 Å². The van der Waals surface area contributed by atoms with Crippen LogP contribution in [0.25, 0.3) is 0 Å². The van der Waals surface area contributed by atoms with Crippen molar-refractivity contribution in [2.75, 3.05) is 6.54 Å². The third-order valence-corrected chi connectivity index (χ3v) is 3.64. The van der Waals surface area contributed by atoms with Gasteiger partial charge in [0.15, 0.2) is 0 Å². The number of hydrogen-bond acceptors (Lipinski definition) is 2. The van der Waals surface area contributed by atoms with E-state index in [9.17, 15) is 9.59 Å². The summed E-state index contributed by atoms with van der Waals surface area (Å²) in [4.78, 5) is 22.8. The molecular formula is C15H22N2O3. The highest BCUT2D eigenvalue weighted by Gasteiger charge is 2.31. The predicted molar refractivity (Wildman–Crippen MR) is 77.5 cm³/mol. The normalized spacial score (nSPS) is 13.3. The van der Waals surface area contributed by atoms with Crippen molar-refractivity contribution in [2.24, 2.45) is 5.41 Å². The second-order valence-electron chi connectivity index (χ2n) is 5.18. The number of urea groups is 1. The van der Waals surface area contributed by atoms with Crippen molar-refractivity contribution in [3.8, 4) is 0 Å². The Morgan fingerprint density at radius 2 is 1.90 bits per heavy atom. The van der Waals surface area contributed by atoms with Gasteiger partial charge in [-0.3, -0.25) is 4.79 Å². The van der Waals surface area contributed by atoms with E-state index >= 15 is 0 Å². The quantitative estimate of drug-likeness (QED) is 0.747. The standard InChI is InChI=1S/C15H22N2O3/c1-4-15(3,13(18)19)10-17-14(20)16-9-12-8-6-5-7-11(12)2/h5-8H,4,9-10H2,1-3H3,(H,18,19)(H2,16,17,20). The number of hydrogen-bond donors (Lipinski definition) is 3. The second-order valence-corrected chi connectivity index (χ2v) is 5.18. The van der Waals surface area contributed by atoms with Gasteiger partial charge in [-0.05, 0) is 31.4 Å². The number of amides is 2. The van der Waals surface area contributed by atoms with Crippen LogP contribution in [0, 0.1) is 12.3 Å². The third-order valence-electron chi connectivity index (χ3n) is 3.64. The first-order chi connectivity index (χ1) is 9.39. The van der Waals surface area contributed by atoms with Crippen molar-refractivity contribution in [3.63, 3.8) is 0 Å². The summed E-state index contributed by atoms with van der Waals surface area (Å²) in [6.45, 7) is 5.93. The first-order valence-electron chi connectivity index (χ1n) is 6.68. The van der Waals surface area contributed by atoms with Crippen LogP contribution < -0.4 is 10.6 Å². The summed E-state index contributed by atoms with van der Waals surface area (Å²) in [5.74, 6) is -0.904. The average Bonchev–Trinajstić information content (AvgIpc) is 2.43. The van der Waals surface area contributed by atoms with Crippen LogP contribution in [0.1, 0.15) is 31.4 Å². The maximum Gasteiger partial charge on any atom is 0.315 e. The lowest BCUT2D eigenvalue weighted by atomic mass is 9.88. The van der Waals surface area contributed by atoms with E-state index in [4.69, 9.17) is 5.11 Å². The maximum atomic E-state index is 11.7. The Morgan fingerprint density at radius 3 is 2.45 bits per heavy atom. The van der Waals surface area contributed by atoms with Gasteiger partial charge < -0.3 is 15.7 Å². The molecule has 0 aliphatic rings. The second kappa shape index (κ2) is 6.93. The minimum atomic E-state index is -0.931. The average molecular weight is 278 g/mol. The van der Waals surface area contributed by atoms with Crippen molar-refractivity contribution in [1.29, 1.82) is 0 Å². The minimum Gasteiger partial charge on any atom is -0.481 e. The monoisotopic (exact) mass is 278 g/mol. The number of carbonyl (C=O) groups excluding carboxylic acids is 1. The van der Waals surface area contributed by atoms with Gasteiger partial charge in [-0.25, -0.2) is 4.79 Å². The Hall–Kier alpha value is -2.04. The molecule has 5 nitrogen and oxygen atoms in total. The van der Waals surface area contributed by atoms with Crippen LogP contribution in [0.2, 0.25) is 0 Å². The van der Waals surface area contributed by atoms with E-state index in [0.29, 0.717) is 13.0 Å². The van der Waals surface area contributed by atoms with Crippen LogP contribution in [0.4, 0.5) is 4.79 Å². The molecule has 2 amide bonds. The summed E-state index contributed by atoms with van der Waals surface area (Å²) in [6.07, 6.45) is 0.459. The highest BCUT2D eigenvalue weighted by Crippen LogP contribution is 2.19. The molecule has 0 saturated carbocycles. The molecule has 0 aliphatic heterocycles. The Kier molecular flexibility index (Phi) is 5.55. The molecule has 0 aromatic heterocycles. The number of benzene rings is 1. The zero-order valence-electron chi connectivity index (χ0n) is 12.2. The molecule has 1 aromatic rings. The summed E-state index contributed by atoms with van der Waals surface area (Å²) in [5, 5.41) is 14.5. The number of nitrogens with one attached hydrogen (secondary N) is 2. The first-order valence-corrected chi connectivity index (χ1v) is 6.68. The van der Waals surface area contributed by atoms with Crippen LogP contribution in [-0.2, 0) is 11.3 Å². The number of carboxylic acid groups (broad SMARTS) is 1. The summed E-state index contributed by atoms with van der Waals surface area (Å²) in [6, 6.07) is 7.43. The number of aryl methyl sites for hydroxylation is 1. The van der Waals surface area contributed by atoms with Crippen LogP contribution in [0.3, 0.4) is 0 Å². The van der Waals surface area contributed by atoms with Gasteiger partial charge in [0.2, 0.25) is 0 Å². The molecule has 0 saturated heterocycles. The molecule has 0 aliphatic carbocycles. The molecule has 110 valence electrons. The van der Waals surface area contributed by atoms with E-state index < -0.39 is 11.4 Å². The Morgan fingerprint density at radius 1 is 1.25 bits per heavy atom. The SMILES string of the molecule is CCC(C)(CNC(=O)NCc1ccccc1C)C(=O)O. The number of carbonyl (C=O) groups is 2. The summed E-state index contributed by atoms with van der Waals surface area (Å²) >= 11 is 0. The van der Waals surface area contributed by atoms with Crippen molar-refractivity contribution in [3.05, 3.63) is 35.4 Å². The van der Waals surface area contributed by atoms with Gasteiger partial charge >= 0.3 is 12.0 Å². The highest BCUT2D eigenvalue weighted by atomic mass is 16.4. The molecule has 0 spiro atoms. The number of carboxylic acids is 1. The Balaban J connectivity index is 2.45. The van der Waals surface area contributed by atoms with Crippen molar-refractivity contribution in [2.45, 2.75) is 33.7 Å². The smallest absolute Gasteiger partial charge is 0.315 e. The van der Waals surface area contributed by atoms with Gasteiger partial charge in [0.1, 0.15) is 0 Å². The number of aliphatic carboxylic acids is 1. The third kappa shape index (κ3) is 4.26. The van der Waals surface area contributed by atoms with Crippen LogP contribution in [0.5, 0.6) is 0 Å². The van der Waals surface area contributed by atoms with Crippen molar-refractivity contribution in [1.82, 2.24) is 10.6 Å². The summed E-state index contributed by atoms with van der Waals surface area (Å²) in [7, 11) is 0. The van der Waals surface area contributed by atoms with Gasteiger partial charge in [-0.15, -0.1) is 0 Å². The van der Waals surface area contributed by atoms with E-state index in [1.165, 1.54) is 0 Å². The first kappa shape index (κ1) is 16.0. The molecule has 0 fully saturated rings. The molecule has 1 aromatic carbocycles. The lowest BCUT2D eigenvalue weighted by Gasteiger charge is -2.23. The van der Waals surface area contributed by atoms with E-state index in [0.717, 1.165) is 11.1 Å². The molecular weight excluding hydrogens is 256 g/mol. The summed E-state index contributed by atoms with van der Waals surface area (Å²) in [5.41, 5.74) is 1.22. The van der Waals surface area contributed by atoms with E-state index in [1.807, 2.05) is 31.2 Å². The molecule has 3 N–H and O–H groups in total. The fourth-order valence-electron chi connectivity index (χ4n) is 1.67. The topological polar surface area (TPSA) is 78.4 Å². The van der Waals surface area contributed by atoms with E-state index in [1.54, 1.807) is 13.8 Å². The zero-order chi connectivity index (χ0) is 15.2. The molecule has 1 unspecified atom stereocenters. The zero-order valence-corrected chi connectivity index (χ0v) is 12.2. The van der Waals surface area contributed by atoms with Crippen LogP contribution in [-0.4, -0.2) is 23.7 Å². The van der Waals surface area contributed by atoms with Crippen molar-refractivity contribution >= 4 is 12.0 Å². The van der Waals surface area contributed by atoms with Gasteiger partial charge in [-0.2, -0.15) is 0 Å². The molecule has 1 atom stereocenters. The highest BCUT2D eigenvalue weighted by molar-refractivity contribution is 5.77. The lowest BCUT2D eigenvalue weighted by molar-refractivity contribution is -0.147. The van der Waals surface area contributed by atoms with Gasteiger partial charge in [0.05, 0.1) is 5.41 Å². The maximum absolute atomic E-state index is 11.7. The van der Waals surface area contributed by atoms with Crippen LogP contribution in [0.15, 0.2) is 24.3 Å². The molecule has 5 heteroatoms. The molecule has 0 bridgehead atoms. The van der Waals surface area contributed by atoms with Gasteiger partial charge in [0, 0.05) is 13.1 Å². The Labute approximate surface area is 119 Å². The minimum absolute atomic E-state index is 0.110. The predicted octanol–water partition coefficient (Wildman–Crippen LogP) is 2.30. The molecule has 0 heterocycles. The fraction of sp³-hybridized carbons (Fsp3) is 0.467.